The van der Waals surface area contributed by atoms with Crippen molar-refractivity contribution in [2.75, 3.05) is 7.05 Å². The van der Waals surface area contributed by atoms with Gasteiger partial charge in [-0.3, -0.25) is 4.98 Å². The molecule has 1 aromatic carbocycles. The Morgan fingerprint density at radius 3 is 2.94 bits per heavy atom. The maximum atomic E-state index is 13.9. The second kappa shape index (κ2) is 5.38. The number of benzene rings is 1. The average Bonchev–Trinajstić information content (AvgIpc) is 2.33. The van der Waals surface area contributed by atoms with Gasteiger partial charge in [0.15, 0.2) is 0 Å². The zero-order chi connectivity index (χ0) is 12.3. The van der Waals surface area contributed by atoms with Crippen LogP contribution in [0.3, 0.4) is 0 Å². The number of halogens is 2. The summed E-state index contributed by atoms with van der Waals surface area (Å²) in [6.45, 7) is 0.719. The molecule has 0 saturated carbocycles. The average molecular weight is 295 g/mol. The Morgan fingerprint density at radius 2 is 2.18 bits per heavy atom. The summed E-state index contributed by atoms with van der Waals surface area (Å²) in [6.07, 6.45) is 3.44. The van der Waals surface area contributed by atoms with Crippen LogP contribution in [-0.4, -0.2) is 12.0 Å². The van der Waals surface area contributed by atoms with Crippen molar-refractivity contribution >= 4 is 15.9 Å². The third kappa shape index (κ3) is 2.70. The van der Waals surface area contributed by atoms with Crippen LogP contribution in [0.1, 0.15) is 5.56 Å². The van der Waals surface area contributed by atoms with Gasteiger partial charge in [0.05, 0.1) is 4.47 Å². The topological polar surface area (TPSA) is 24.9 Å². The monoisotopic (exact) mass is 294 g/mol. The highest BCUT2D eigenvalue weighted by Gasteiger charge is 2.08. The molecule has 88 valence electrons. The van der Waals surface area contributed by atoms with Crippen LogP contribution in [0.25, 0.3) is 11.1 Å². The van der Waals surface area contributed by atoms with Gasteiger partial charge >= 0.3 is 0 Å². The Hall–Kier alpha value is -1.26. The summed E-state index contributed by atoms with van der Waals surface area (Å²) in [6, 6.07) is 7.19. The van der Waals surface area contributed by atoms with Crippen LogP contribution >= 0.6 is 15.9 Å². The lowest BCUT2D eigenvalue weighted by Gasteiger charge is -2.06. The maximum Gasteiger partial charge on any atom is 0.145 e. The number of nitrogens with zero attached hydrogens (tertiary/aromatic N) is 1. The highest BCUT2D eigenvalue weighted by Crippen LogP contribution is 2.27. The fraction of sp³-hybridized carbons (Fsp3) is 0.154. The number of nitrogens with one attached hydrogen (secondary N) is 1. The molecule has 0 aliphatic carbocycles. The molecule has 0 spiro atoms. The zero-order valence-electron chi connectivity index (χ0n) is 9.37. The molecule has 0 saturated heterocycles. The fourth-order valence-electron chi connectivity index (χ4n) is 1.66. The van der Waals surface area contributed by atoms with Crippen LogP contribution in [0, 0.1) is 5.82 Å². The molecule has 2 rings (SSSR count). The minimum absolute atomic E-state index is 0.254. The molecular weight excluding hydrogens is 283 g/mol. The van der Waals surface area contributed by atoms with Gasteiger partial charge in [-0.1, -0.05) is 12.1 Å². The van der Waals surface area contributed by atoms with Crippen LogP contribution in [0.5, 0.6) is 0 Å². The number of pyridine rings is 1. The molecule has 0 fully saturated rings. The van der Waals surface area contributed by atoms with E-state index in [0.29, 0.717) is 10.0 Å². The van der Waals surface area contributed by atoms with Crippen molar-refractivity contribution in [2.24, 2.45) is 0 Å². The van der Waals surface area contributed by atoms with Crippen molar-refractivity contribution < 1.29 is 4.39 Å². The van der Waals surface area contributed by atoms with Gasteiger partial charge in [-0.2, -0.15) is 0 Å². The Morgan fingerprint density at radius 1 is 1.35 bits per heavy atom. The normalized spacial score (nSPS) is 10.5. The first-order valence-corrected chi connectivity index (χ1v) is 6.04. The SMILES string of the molecule is CNCc1cncc(-c2cccc(Br)c2F)c1. The van der Waals surface area contributed by atoms with E-state index in [1.807, 2.05) is 19.2 Å². The zero-order valence-corrected chi connectivity index (χ0v) is 11.0. The van der Waals surface area contributed by atoms with E-state index in [9.17, 15) is 4.39 Å². The predicted octanol–water partition coefficient (Wildman–Crippen LogP) is 3.37. The van der Waals surface area contributed by atoms with Gasteiger partial charge in [0, 0.05) is 30.1 Å². The number of rotatable bonds is 3. The number of hydrogen-bond acceptors (Lipinski definition) is 2. The summed E-state index contributed by atoms with van der Waals surface area (Å²) in [4.78, 5) is 4.13. The predicted molar refractivity (Wildman–Crippen MR) is 70.1 cm³/mol. The molecule has 1 heterocycles. The second-order valence-corrected chi connectivity index (χ2v) is 4.57. The Bertz CT molecular complexity index is 529. The lowest BCUT2D eigenvalue weighted by atomic mass is 10.1. The highest BCUT2D eigenvalue weighted by molar-refractivity contribution is 9.10. The van der Waals surface area contributed by atoms with Crippen LogP contribution in [0.2, 0.25) is 0 Å². The van der Waals surface area contributed by atoms with Gasteiger partial charge in [-0.25, -0.2) is 4.39 Å². The third-order valence-electron chi connectivity index (χ3n) is 2.44. The summed E-state index contributed by atoms with van der Waals surface area (Å²) in [5, 5.41) is 3.05. The minimum Gasteiger partial charge on any atom is -0.316 e. The van der Waals surface area contributed by atoms with Gasteiger partial charge < -0.3 is 5.32 Å². The Labute approximate surface area is 108 Å². The molecule has 17 heavy (non-hydrogen) atoms. The molecular formula is C13H12BrFN2. The van der Waals surface area contributed by atoms with Gasteiger partial charge in [-0.15, -0.1) is 0 Å². The standard InChI is InChI=1S/C13H12BrFN2/c1-16-6-9-5-10(8-17-7-9)11-3-2-4-12(14)13(11)15/h2-5,7-8,16H,6H2,1H3. The van der Waals surface area contributed by atoms with Crippen molar-refractivity contribution in [2.45, 2.75) is 6.54 Å². The van der Waals surface area contributed by atoms with E-state index in [0.717, 1.165) is 17.7 Å². The van der Waals surface area contributed by atoms with E-state index in [1.54, 1.807) is 24.5 Å². The van der Waals surface area contributed by atoms with Crippen LogP contribution in [0.4, 0.5) is 4.39 Å². The van der Waals surface area contributed by atoms with Crippen molar-refractivity contribution in [3.8, 4) is 11.1 Å². The first-order chi connectivity index (χ1) is 8.22. The quantitative estimate of drug-likeness (QED) is 0.939. The summed E-state index contributed by atoms with van der Waals surface area (Å²) >= 11 is 3.18. The molecule has 0 aliphatic heterocycles. The molecule has 2 aromatic rings. The maximum absolute atomic E-state index is 13.9. The first kappa shape index (κ1) is 12.2. The molecule has 1 N–H and O–H groups in total. The molecule has 0 radical (unpaired) electrons. The molecule has 4 heteroatoms. The van der Waals surface area contributed by atoms with E-state index in [4.69, 9.17) is 0 Å². The van der Waals surface area contributed by atoms with Gasteiger partial charge in [-0.05, 0) is 40.7 Å². The van der Waals surface area contributed by atoms with Crippen LogP contribution in [-0.2, 0) is 6.54 Å². The van der Waals surface area contributed by atoms with E-state index in [-0.39, 0.29) is 5.82 Å². The summed E-state index contributed by atoms with van der Waals surface area (Å²) in [5.41, 5.74) is 2.38. The van der Waals surface area contributed by atoms with Crippen molar-refractivity contribution in [1.82, 2.24) is 10.3 Å². The molecule has 2 nitrogen and oxygen atoms in total. The minimum atomic E-state index is -0.254. The molecule has 0 aliphatic rings. The largest absolute Gasteiger partial charge is 0.316 e. The lowest BCUT2D eigenvalue weighted by Crippen LogP contribution is -2.05. The van der Waals surface area contributed by atoms with E-state index < -0.39 is 0 Å². The van der Waals surface area contributed by atoms with E-state index in [2.05, 4.69) is 26.2 Å². The molecule has 0 bridgehead atoms. The number of hydrogen-bond donors (Lipinski definition) is 1. The third-order valence-corrected chi connectivity index (χ3v) is 3.05. The van der Waals surface area contributed by atoms with Gasteiger partial charge in [0.1, 0.15) is 5.82 Å². The smallest absolute Gasteiger partial charge is 0.145 e. The summed E-state index contributed by atoms with van der Waals surface area (Å²) in [7, 11) is 1.87. The first-order valence-electron chi connectivity index (χ1n) is 5.25. The lowest BCUT2D eigenvalue weighted by molar-refractivity contribution is 0.624. The Balaban J connectivity index is 2.45. The van der Waals surface area contributed by atoms with Gasteiger partial charge in [0.2, 0.25) is 0 Å². The Kier molecular flexibility index (Phi) is 3.86. The van der Waals surface area contributed by atoms with Crippen LogP contribution < -0.4 is 5.32 Å². The molecule has 0 unspecified atom stereocenters. The summed E-state index contributed by atoms with van der Waals surface area (Å²) in [5.74, 6) is -0.254. The molecule has 0 amide bonds. The molecule has 1 aromatic heterocycles. The van der Waals surface area contributed by atoms with Crippen molar-refractivity contribution in [3.63, 3.8) is 0 Å². The highest BCUT2D eigenvalue weighted by atomic mass is 79.9. The van der Waals surface area contributed by atoms with Crippen LogP contribution in [0.15, 0.2) is 41.1 Å². The van der Waals surface area contributed by atoms with Crippen molar-refractivity contribution in [3.05, 3.63) is 52.5 Å². The second-order valence-electron chi connectivity index (χ2n) is 3.71. The number of aromatic nitrogens is 1. The summed E-state index contributed by atoms with van der Waals surface area (Å²) < 4.78 is 14.4. The molecule has 0 atom stereocenters. The van der Waals surface area contributed by atoms with Gasteiger partial charge in [0.25, 0.3) is 0 Å². The van der Waals surface area contributed by atoms with E-state index in [1.165, 1.54) is 0 Å². The fourth-order valence-corrected chi connectivity index (χ4v) is 2.03. The van der Waals surface area contributed by atoms with E-state index >= 15 is 0 Å². The van der Waals surface area contributed by atoms with Crippen molar-refractivity contribution in [1.29, 1.82) is 0 Å².